The van der Waals surface area contributed by atoms with Crippen LogP contribution >= 0.6 is 0 Å². The van der Waals surface area contributed by atoms with Gasteiger partial charge >= 0.3 is 0 Å². The van der Waals surface area contributed by atoms with Crippen LogP contribution < -0.4 is 4.90 Å². The average molecular weight is 378 g/mol. The minimum absolute atomic E-state index is 0.00704. The number of piperidine rings is 1. The number of carbonyl (C=O) groups excluding carboxylic acids is 2. The summed E-state index contributed by atoms with van der Waals surface area (Å²) in [5.74, 6) is 0.172. The highest BCUT2D eigenvalue weighted by Gasteiger charge is 2.30. The maximum atomic E-state index is 13.1. The molecule has 2 unspecified atom stereocenters. The molecule has 0 aromatic heterocycles. The number of rotatable bonds is 3. The van der Waals surface area contributed by atoms with Crippen molar-refractivity contribution >= 4 is 17.5 Å². The predicted octanol–water partition coefficient (Wildman–Crippen LogP) is 3.81. The van der Waals surface area contributed by atoms with Crippen LogP contribution in [0.5, 0.6) is 0 Å². The highest BCUT2D eigenvalue weighted by Crippen LogP contribution is 2.27. The van der Waals surface area contributed by atoms with Gasteiger partial charge in [0.25, 0.3) is 5.91 Å². The summed E-state index contributed by atoms with van der Waals surface area (Å²) in [6.45, 7) is 3.88. The molecule has 0 aliphatic carbocycles. The molecule has 0 saturated carbocycles. The Hall–Kier alpha value is -2.66. The molecular formula is C23H26N2O3. The molecule has 0 bridgehead atoms. The van der Waals surface area contributed by atoms with Gasteiger partial charge in [0, 0.05) is 30.8 Å². The van der Waals surface area contributed by atoms with E-state index in [0.29, 0.717) is 25.1 Å². The number of nitrogens with zero attached hydrogens (tertiary/aromatic N) is 2. The van der Waals surface area contributed by atoms with Crippen molar-refractivity contribution in [3.05, 3.63) is 65.7 Å². The van der Waals surface area contributed by atoms with Gasteiger partial charge in [-0.3, -0.25) is 9.59 Å². The quantitative estimate of drug-likeness (QED) is 0.816. The highest BCUT2D eigenvalue weighted by atomic mass is 16.5. The minimum atomic E-state index is -0.112. The van der Waals surface area contributed by atoms with Gasteiger partial charge in [-0.15, -0.1) is 0 Å². The van der Waals surface area contributed by atoms with Gasteiger partial charge in [-0.2, -0.15) is 0 Å². The van der Waals surface area contributed by atoms with E-state index in [1.54, 1.807) is 0 Å². The zero-order valence-electron chi connectivity index (χ0n) is 16.2. The third-order valence-electron chi connectivity index (χ3n) is 5.47. The van der Waals surface area contributed by atoms with Crippen molar-refractivity contribution in [3.8, 4) is 0 Å². The van der Waals surface area contributed by atoms with E-state index >= 15 is 0 Å². The van der Waals surface area contributed by atoms with E-state index in [1.165, 1.54) is 0 Å². The van der Waals surface area contributed by atoms with Crippen molar-refractivity contribution in [2.75, 3.05) is 24.5 Å². The number of carbonyl (C=O) groups is 2. The number of hydrogen-bond acceptors (Lipinski definition) is 3. The normalized spacial score (nSPS) is 23.0. The molecular weight excluding hydrogens is 352 g/mol. The standard InChI is InChI=1S/C23H26N2O3/c1-17-15-24(16-21(28-17)18-7-3-2-4-8-18)23(27)19-10-12-20(13-11-19)25-14-6-5-9-22(25)26/h2-4,7-8,10-13,17,21H,5-6,9,14-16H2,1H3. The lowest BCUT2D eigenvalue weighted by atomic mass is 10.0. The van der Waals surface area contributed by atoms with Crippen molar-refractivity contribution < 1.29 is 14.3 Å². The molecule has 2 amide bonds. The van der Waals surface area contributed by atoms with Crippen LogP contribution in [0, 0.1) is 0 Å². The number of anilines is 1. The molecule has 2 saturated heterocycles. The van der Waals surface area contributed by atoms with Crippen LogP contribution in [0.3, 0.4) is 0 Å². The maximum absolute atomic E-state index is 13.1. The van der Waals surface area contributed by atoms with Crippen molar-refractivity contribution in [2.45, 2.75) is 38.4 Å². The minimum Gasteiger partial charge on any atom is -0.367 e. The van der Waals surface area contributed by atoms with Gasteiger partial charge in [0.1, 0.15) is 6.10 Å². The van der Waals surface area contributed by atoms with Crippen molar-refractivity contribution in [1.82, 2.24) is 4.90 Å². The van der Waals surface area contributed by atoms with Crippen LogP contribution in [0.15, 0.2) is 54.6 Å². The molecule has 28 heavy (non-hydrogen) atoms. The summed E-state index contributed by atoms with van der Waals surface area (Å²) < 4.78 is 6.06. The van der Waals surface area contributed by atoms with Crippen LogP contribution in [-0.2, 0) is 9.53 Å². The first-order valence-corrected chi connectivity index (χ1v) is 10.0. The second-order valence-corrected chi connectivity index (χ2v) is 7.61. The van der Waals surface area contributed by atoms with Gasteiger partial charge in [-0.25, -0.2) is 0 Å². The number of benzene rings is 2. The van der Waals surface area contributed by atoms with Crippen molar-refractivity contribution in [2.24, 2.45) is 0 Å². The second-order valence-electron chi connectivity index (χ2n) is 7.61. The Morgan fingerprint density at radius 1 is 1.00 bits per heavy atom. The number of amides is 2. The summed E-state index contributed by atoms with van der Waals surface area (Å²) in [6, 6.07) is 17.5. The van der Waals surface area contributed by atoms with Gasteiger partial charge in [0.15, 0.2) is 0 Å². The van der Waals surface area contributed by atoms with E-state index in [2.05, 4.69) is 0 Å². The highest BCUT2D eigenvalue weighted by molar-refractivity contribution is 5.97. The number of ether oxygens (including phenoxy) is 1. The van der Waals surface area contributed by atoms with E-state index in [0.717, 1.165) is 30.6 Å². The van der Waals surface area contributed by atoms with Gasteiger partial charge in [0.2, 0.25) is 5.91 Å². The van der Waals surface area contributed by atoms with Gasteiger partial charge < -0.3 is 14.5 Å². The maximum Gasteiger partial charge on any atom is 0.254 e. The smallest absolute Gasteiger partial charge is 0.254 e. The van der Waals surface area contributed by atoms with E-state index in [-0.39, 0.29) is 24.0 Å². The summed E-state index contributed by atoms with van der Waals surface area (Å²) in [6.07, 6.45) is 2.46. The van der Waals surface area contributed by atoms with E-state index < -0.39 is 0 Å². The van der Waals surface area contributed by atoms with Crippen LogP contribution in [0.4, 0.5) is 5.69 Å². The largest absolute Gasteiger partial charge is 0.367 e. The summed E-state index contributed by atoms with van der Waals surface area (Å²) >= 11 is 0. The molecule has 2 aromatic rings. The molecule has 5 heteroatoms. The molecule has 2 fully saturated rings. The van der Waals surface area contributed by atoms with Gasteiger partial charge in [0.05, 0.1) is 12.6 Å². The Kier molecular flexibility index (Phi) is 5.44. The van der Waals surface area contributed by atoms with Crippen molar-refractivity contribution in [1.29, 1.82) is 0 Å². The number of hydrogen-bond donors (Lipinski definition) is 0. The molecule has 2 heterocycles. The molecule has 2 aliphatic heterocycles. The molecule has 2 aromatic carbocycles. The fourth-order valence-corrected chi connectivity index (χ4v) is 4.01. The molecule has 4 rings (SSSR count). The fraction of sp³-hybridized carbons (Fsp3) is 0.391. The SMILES string of the molecule is CC1CN(C(=O)c2ccc(N3CCCCC3=O)cc2)CC(c2ccccc2)O1. The van der Waals surface area contributed by atoms with Crippen LogP contribution in [-0.4, -0.2) is 42.5 Å². The summed E-state index contributed by atoms with van der Waals surface area (Å²) in [7, 11) is 0. The van der Waals surface area contributed by atoms with Crippen LogP contribution in [0.2, 0.25) is 0 Å². The molecule has 2 aliphatic rings. The second kappa shape index (κ2) is 8.15. The van der Waals surface area contributed by atoms with E-state index in [1.807, 2.05) is 71.3 Å². The summed E-state index contributed by atoms with van der Waals surface area (Å²) in [5.41, 5.74) is 2.61. The Bertz CT molecular complexity index is 835. The topological polar surface area (TPSA) is 49.9 Å². The first kappa shape index (κ1) is 18.7. The Labute approximate surface area is 165 Å². The third-order valence-corrected chi connectivity index (χ3v) is 5.47. The Morgan fingerprint density at radius 2 is 1.75 bits per heavy atom. The molecule has 146 valence electrons. The van der Waals surface area contributed by atoms with Gasteiger partial charge in [-0.1, -0.05) is 30.3 Å². The molecule has 2 atom stereocenters. The lowest BCUT2D eigenvalue weighted by Gasteiger charge is -2.37. The molecule has 5 nitrogen and oxygen atoms in total. The first-order valence-electron chi connectivity index (χ1n) is 10.0. The summed E-state index contributed by atoms with van der Waals surface area (Å²) in [4.78, 5) is 28.9. The fourth-order valence-electron chi connectivity index (χ4n) is 4.01. The molecule has 0 N–H and O–H groups in total. The van der Waals surface area contributed by atoms with Crippen LogP contribution in [0.1, 0.15) is 48.2 Å². The van der Waals surface area contributed by atoms with Crippen molar-refractivity contribution in [3.63, 3.8) is 0 Å². The lowest BCUT2D eigenvalue weighted by molar-refractivity contribution is -0.119. The Balaban J connectivity index is 1.48. The zero-order chi connectivity index (χ0) is 19.5. The zero-order valence-corrected chi connectivity index (χ0v) is 16.2. The monoisotopic (exact) mass is 378 g/mol. The van der Waals surface area contributed by atoms with E-state index in [4.69, 9.17) is 4.74 Å². The average Bonchev–Trinajstić information content (AvgIpc) is 2.74. The van der Waals surface area contributed by atoms with Gasteiger partial charge in [-0.05, 0) is 49.6 Å². The third kappa shape index (κ3) is 3.94. The van der Waals surface area contributed by atoms with Crippen LogP contribution in [0.25, 0.3) is 0 Å². The molecule has 0 spiro atoms. The molecule has 0 radical (unpaired) electrons. The predicted molar refractivity (Wildman–Crippen MR) is 108 cm³/mol. The van der Waals surface area contributed by atoms with E-state index in [9.17, 15) is 9.59 Å². The number of morpholine rings is 1. The lowest BCUT2D eigenvalue weighted by Crippen LogP contribution is -2.46. The summed E-state index contributed by atoms with van der Waals surface area (Å²) in [5, 5.41) is 0. The Morgan fingerprint density at radius 3 is 2.46 bits per heavy atom. The first-order chi connectivity index (χ1) is 13.6.